The van der Waals surface area contributed by atoms with E-state index in [4.69, 9.17) is 4.99 Å². The number of aromatic nitrogens is 1. The van der Waals surface area contributed by atoms with E-state index in [1.807, 2.05) is 6.07 Å². The van der Waals surface area contributed by atoms with Crippen LogP contribution in [0.5, 0.6) is 0 Å². The molecule has 1 N–H and O–H groups in total. The maximum absolute atomic E-state index is 5.27. The lowest BCUT2D eigenvalue weighted by Crippen LogP contribution is -2.29. The van der Waals surface area contributed by atoms with E-state index in [1.54, 1.807) is 0 Å². The Labute approximate surface area is 216 Å². The molecule has 0 aliphatic carbocycles. The van der Waals surface area contributed by atoms with Crippen molar-refractivity contribution in [1.29, 1.82) is 0 Å². The van der Waals surface area contributed by atoms with Gasteiger partial charge in [-0.3, -0.25) is 0 Å². The molecule has 0 spiro atoms. The fourth-order valence-electron chi connectivity index (χ4n) is 5.27. The number of hydrogen-bond acceptors (Lipinski definition) is 2. The second-order valence-corrected chi connectivity index (χ2v) is 9.31. The average Bonchev–Trinajstić information content (AvgIpc) is 3.32. The summed E-state index contributed by atoms with van der Waals surface area (Å²) in [5.74, 6) is 0. The molecule has 1 aliphatic rings. The molecule has 0 fully saturated rings. The third-order valence-corrected chi connectivity index (χ3v) is 7.04. The summed E-state index contributed by atoms with van der Waals surface area (Å²) < 4.78 is 2.34. The number of rotatable bonds is 4. The zero-order chi connectivity index (χ0) is 24.6. The number of fused-ring (bicyclic) bond motifs is 3. The first-order valence-electron chi connectivity index (χ1n) is 12.6. The maximum atomic E-state index is 5.27. The first-order valence-corrected chi connectivity index (χ1v) is 12.6. The summed E-state index contributed by atoms with van der Waals surface area (Å²) in [6.45, 7) is 0. The molecule has 2 heterocycles. The van der Waals surface area contributed by atoms with E-state index < -0.39 is 0 Å². The van der Waals surface area contributed by atoms with Crippen molar-refractivity contribution >= 4 is 33.2 Å². The van der Waals surface area contributed by atoms with Gasteiger partial charge in [0.05, 0.1) is 16.7 Å². The van der Waals surface area contributed by atoms with E-state index in [9.17, 15) is 0 Å². The average molecular weight is 476 g/mol. The molecule has 0 amide bonds. The van der Waals surface area contributed by atoms with E-state index in [0.29, 0.717) is 0 Å². The molecule has 1 aromatic heterocycles. The Hall–Kier alpha value is -4.89. The summed E-state index contributed by atoms with van der Waals surface area (Å²) in [6, 6.07) is 46.8. The predicted molar refractivity (Wildman–Crippen MR) is 154 cm³/mol. The molecule has 0 radical (unpaired) electrons. The van der Waals surface area contributed by atoms with Gasteiger partial charge >= 0.3 is 0 Å². The number of nitrogens with zero attached hydrogens (tertiary/aromatic N) is 2. The highest BCUT2D eigenvalue weighted by molar-refractivity contribution is 6.13. The zero-order valence-corrected chi connectivity index (χ0v) is 20.3. The molecule has 0 saturated carbocycles. The lowest BCUT2D eigenvalue weighted by molar-refractivity contribution is 0.508. The highest BCUT2D eigenvalue weighted by atomic mass is 15.3. The minimum Gasteiger partial charge on any atom is -0.346 e. The van der Waals surface area contributed by atoms with Crippen LogP contribution in [0.1, 0.15) is 17.4 Å². The molecule has 3 heteroatoms. The van der Waals surface area contributed by atoms with Gasteiger partial charge in [0.2, 0.25) is 6.29 Å². The fraction of sp³-hybridized carbons (Fsp3) is 0.0294. The van der Waals surface area contributed by atoms with Crippen LogP contribution in [0.3, 0.4) is 0 Å². The Morgan fingerprint density at radius 2 is 1.11 bits per heavy atom. The summed E-state index contributed by atoms with van der Waals surface area (Å²) in [4.78, 5) is 5.27. The third-order valence-electron chi connectivity index (χ3n) is 7.04. The quantitative estimate of drug-likeness (QED) is 0.275. The van der Waals surface area contributed by atoms with Gasteiger partial charge in [-0.05, 0) is 40.5 Å². The highest BCUT2D eigenvalue weighted by Crippen LogP contribution is 2.36. The smallest absolute Gasteiger partial charge is 0.201 e. The van der Waals surface area contributed by atoms with E-state index >= 15 is 0 Å². The monoisotopic (exact) mass is 475 g/mol. The summed E-state index contributed by atoms with van der Waals surface area (Å²) >= 11 is 0. The van der Waals surface area contributed by atoms with E-state index in [0.717, 1.165) is 33.6 Å². The van der Waals surface area contributed by atoms with Crippen molar-refractivity contribution < 1.29 is 0 Å². The molecule has 6 aromatic rings. The van der Waals surface area contributed by atoms with Crippen LogP contribution in [0.2, 0.25) is 0 Å². The minimum atomic E-state index is -0.302. The van der Waals surface area contributed by atoms with Crippen LogP contribution in [0.25, 0.3) is 38.6 Å². The molecule has 176 valence electrons. The molecule has 3 nitrogen and oxygen atoms in total. The van der Waals surface area contributed by atoms with Crippen LogP contribution in [0.15, 0.2) is 145 Å². The standard InChI is InChI=1S/C34H25N3/c1-4-12-24(13-5-1)27-20-21-29-28-18-10-11-19-32(28)37(33(29)22-27)34-35-30(25-14-6-2-7-15-25)23-31(36-34)26-16-8-3-9-17-26/h1-23,34-35H. The largest absolute Gasteiger partial charge is 0.346 e. The van der Waals surface area contributed by atoms with Crippen LogP contribution >= 0.6 is 0 Å². The summed E-state index contributed by atoms with van der Waals surface area (Å²) in [6.07, 6.45) is 1.86. The number of aliphatic imine (C=N–C) groups is 1. The van der Waals surface area contributed by atoms with Gasteiger partial charge in [0.15, 0.2) is 0 Å². The van der Waals surface area contributed by atoms with Crippen molar-refractivity contribution in [3.8, 4) is 11.1 Å². The Balaban J connectivity index is 1.46. The number of benzene rings is 5. The molecule has 37 heavy (non-hydrogen) atoms. The second-order valence-electron chi connectivity index (χ2n) is 9.31. The minimum absolute atomic E-state index is 0.302. The summed E-state index contributed by atoms with van der Waals surface area (Å²) in [5.41, 5.74) is 8.99. The van der Waals surface area contributed by atoms with Gasteiger partial charge in [-0.1, -0.05) is 121 Å². The van der Waals surface area contributed by atoms with Gasteiger partial charge in [-0.2, -0.15) is 0 Å². The van der Waals surface area contributed by atoms with Crippen LogP contribution in [-0.2, 0) is 0 Å². The Morgan fingerprint density at radius 1 is 0.514 bits per heavy atom. The Kier molecular flexibility index (Phi) is 5.18. The molecule has 1 unspecified atom stereocenters. The van der Waals surface area contributed by atoms with Crippen LogP contribution in [-0.4, -0.2) is 10.3 Å². The van der Waals surface area contributed by atoms with E-state index in [-0.39, 0.29) is 6.29 Å². The number of nitrogens with one attached hydrogen (secondary N) is 1. The first kappa shape index (κ1) is 21.4. The maximum Gasteiger partial charge on any atom is 0.201 e. The van der Waals surface area contributed by atoms with Crippen molar-refractivity contribution in [2.24, 2.45) is 4.99 Å². The number of para-hydroxylation sites is 1. The second kappa shape index (κ2) is 8.96. The van der Waals surface area contributed by atoms with Gasteiger partial charge < -0.3 is 9.88 Å². The third kappa shape index (κ3) is 3.82. The van der Waals surface area contributed by atoms with Crippen molar-refractivity contribution in [2.75, 3.05) is 0 Å². The molecule has 0 saturated heterocycles. The lowest BCUT2D eigenvalue weighted by atomic mass is 10.0. The SMILES string of the molecule is C1=C(c2ccccc2)NC(n2c3ccccc3c3ccc(-c4ccccc4)cc32)N=C1c1ccccc1. The molecule has 1 aliphatic heterocycles. The van der Waals surface area contributed by atoms with E-state index in [1.165, 1.54) is 21.9 Å². The zero-order valence-electron chi connectivity index (χ0n) is 20.3. The first-order chi connectivity index (χ1) is 18.3. The topological polar surface area (TPSA) is 29.3 Å². The predicted octanol–water partition coefficient (Wildman–Crippen LogP) is 8.05. The van der Waals surface area contributed by atoms with E-state index in [2.05, 4.69) is 143 Å². The Morgan fingerprint density at radius 3 is 1.84 bits per heavy atom. The van der Waals surface area contributed by atoms with Crippen molar-refractivity contribution in [1.82, 2.24) is 9.88 Å². The Bertz CT molecular complexity index is 1780. The number of hydrogen-bond donors (Lipinski definition) is 1. The van der Waals surface area contributed by atoms with Crippen molar-refractivity contribution in [3.05, 3.63) is 151 Å². The van der Waals surface area contributed by atoms with Crippen LogP contribution in [0, 0.1) is 0 Å². The molecular weight excluding hydrogens is 450 g/mol. The normalized spacial score (nSPS) is 15.3. The highest BCUT2D eigenvalue weighted by Gasteiger charge is 2.23. The number of allylic oxidation sites excluding steroid dienone is 1. The molecule has 1 atom stereocenters. The van der Waals surface area contributed by atoms with Crippen molar-refractivity contribution in [3.63, 3.8) is 0 Å². The summed E-state index contributed by atoms with van der Waals surface area (Å²) in [7, 11) is 0. The lowest BCUT2D eigenvalue weighted by Gasteiger charge is -2.27. The molecule has 5 aromatic carbocycles. The summed E-state index contributed by atoms with van der Waals surface area (Å²) in [5, 5.41) is 6.21. The van der Waals surface area contributed by atoms with Crippen LogP contribution in [0.4, 0.5) is 0 Å². The van der Waals surface area contributed by atoms with Gasteiger partial charge in [-0.15, -0.1) is 0 Å². The van der Waals surface area contributed by atoms with Gasteiger partial charge in [-0.25, -0.2) is 4.99 Å². The fourth-order valence-corrected chi connectivity index (χ4v) is 5.27. The molecular formula is C34H25N3. The molecule has 7 rings (SSSR count). The van der Waals surface area contributed by atoms with Crippen LogP contribution < -0.4 is 5.32 Å². The molecule has 0 bridgehead atoms. The van der Waals surface area contributed by atoms with Gasteiger partial charge in [0.1, 0.15) is 0 Å². The van der Waals surface area contributed by atoms with Gasteiger partial charge in [0.25, 0.3) is 0 Å². The van der Waals surface area contributed by atoms with Crippen molar-refractivity contribution in [2.45, 2.75) is 6.29 Å². The van der Waals surface area contributed by atoms with Gasteiger partial charge in [0, 0.05) is 16.5 Å².